The molecule has 0 aliphatic rings. The molecule has 0 fully saturated rings. The van der Waals surface area contributed by atoms with Gasteiger partial charge in [0, 0.05) is 29.8 Å². The number of hydrazone groups is 1. The molecular weight excluding hydrogens is 336 g/mol. The van der Waals surface area contributed by atoms with E-state index >= 15 is 0 Å². The SMILES string of the molecule is O=C(NN=Cc1cc([N+](=O)[O-])ccc1O)c1cc([N+](=O)[O-])ccc1O. The number of rotatable bonds is 5. The van der Waals surface area contributed by atoms with E-state index in [0.29, 0.717) is 0 Å². The Morgan fingerprint density at radius 3 is 2.16 bits per heavy atom. The van der Waals surface area contributed by atoms with Gasteiger partial charge in [-0.1, -0.05) is 0 Å². The first-order valence-electron chi connectivity index (χ1n) is 6.58. The summed E-state index contributed by atoms with van der Waals surface area (Å²) in [4.78, 5) is 31.9. The first kappa shape index (κ1) is 17.3. The maximum Gasteiger partial charge on any atom is 0.275 e. The number of amides is 1. The molecule has 3 N–H and O–H groups in total. The van der Waals surface area contributed by atoms with Gasteiger partial charge in [-0.2, -0.15) is 5.10 Å². The van der Waals surface area contributed by atoms with Crippen LogP contribution in [0.15, 0.2) is 41.5 Å². The van der Waals surface area contributed by atoms with Gasteiger partial charge in [0.1, 0.15) is 11.5 Å². The summed E-state index contributed by atoms with van der Waals surface area (Å²) in [5.41, 5.74) is 0.898. The maximum absolute atomic E-state index is 11.9. The maximum atomic E-state index is 11.9. The molecule has 11 heteroatoms. The zero-order chi connectivity index (χ0) is 18.6. The molecule has 0 radical (unpaired) electrons. The second kappa shape index (κ2) is 7.04. The van der Waals surface area contributed by atoms with Crippen LogP contribution < -0.4 is 5.43 Å². The van der Waals surface area contributed by atoms with Crippen molar-refractivity contribution < 1.29 is 24.9 Å². The van der Waals surface area contributed by atoms with Crippen LogP contribution in [-0.4, -0.2) is 32.2 Å². The Kier molecular flexibility index (Phi) is 4.88. The molecule has 0 spiro atoms. The highest BCUT2D eigenvalue weighted by Gasteiger charge is 2.16. The molecule has 25 heavy (non-hydrogen) atoms. The third-order valence-electron chi connectivity index (χ3n) is 3.03. The Balaban J connectivity index is 2.19. The molecule has 0 atom stereocenters. The Labute approximate surface area is 139 Å². The van der Waals surface area contributed by atoms with E-state index in [4.69, 9.17) is 0 Å². The fraction of sp³-hybridized carbons (Fsp3) is 0. The Hall–Kier alpha value is -4.02. The number of nitrogens with one attached hydrogen (secondary N) is 1. The summed E-state index contributed by atoms with van der Waals surface area (Å²) in [6, 6.07) is 6.10. The van der Waals surface area contributed by atoms with Gasteiger partial charge in [-0.15, -0.1) is 0 Å². The Morgan fingerprint density at radius 2 is 1.56 bits per heavy atom. The van der Waals surface area contributed by atoms with Gasteiger partial charge in [-0.3, -0.25) is 25.0 Å². The van der Waals surface area contributed by atoms with E-state index in [1.807, 2.05) is 5.43 Å². The number of phenols is 2. The Bertz CT molecular complexity index is 895. The van der Waals surface area contributed by atoms with Crippen LogP contribution in [0.1, 0.15) is 15.9 Å². The molecule has 0 aliphatic heterocycles. The smallest absolute Gasteiger partial charge is 0.275 e. The van der Waals surface area contributed by atoms with E-state index in [-0.39, 0.29) is 22.6 Å². The van der Waals surface area contributed by atoms with Crippen molar-refractivity contribution in [3.8, 4) is 11.5 Å². The topological polar surface area (TPSA) is 168 Å². The molecule has 0 unspecified atom stereocenters. The van der Waals surface area contributed by atoms with E-state index in [0.717, 1.165) is 42.6 Å². The van der Waals surface area contributed by atoms with E-state index in [9.17, 15) is 35.2 Å². The first-order chi connectivity index (χ1) is 11.8. The van der Waals surface area contributed by atoms with Crippen molar-refractivity contribution >= 4 is 23.5 Å². The summed E-state index contributed by atoms with van der Waals surface area (Å²) in [5, 5.41) is 44.1. The van der Waals surface area contributed by atoms with Crippen molar-refractivity contribution in [2.24, 2.45) is 5.10 Å². The zero-order valence-electron chi connectivity index (χ0n) is 12.3. The van der Waals surface area contributed by atoms with Gasteiger partial charge in [0.15, 0.2) is 0 Å². The predicted octanol–water partition coefficient (Wildman–Crippen LogP) is 1.68. The largest absolute Gasteiger partial charge is 0.507 e. The summed E-state index contributed by atoms with van der Waals surface area (Å²) in [6.45, 7) is 0. The molecule has 0 bridgehead atoms. The number of hydrogen-bond acceptors (Lipinski definition) is 8. The van der Waals surface area contributed by atoms with Gasteiger partial charge in [0.05, 0.1) is 21.6 Å². The van der Waals surface area contributed by atoms with Crippen LogP contribution in [0.2, 0.25) is 0 Å². The molecule has 128 valence electrons. The fourth-order valence-corrected chi connectivity index (χ4v) is 1.80. The summed E-state index contributed by atoms with van der Waals surface area (Å²) < 4.78 is 0. The van der Waals surface area contributed by atoms with Crippen LogP contribution in [0.4, 0.5) is 11.4 Å². The van der Waals surface area contributed by atoms with Crippen LogP contribution in [0, 0.1) is 20.2 Å². The minimum absolute atomic E-state index is 0.0298. The normalized spacial score (nSPS) is 10.6. The lowest BCUT2D eigenvalue weighted by Crippen LogP contribution is -2.18. The van der Waals surface area contributed by atoms with E-state index in [1.54, 1.807) is 0 Å². The monoisotopic (exact) mass is 346 g/mol. The minimum Gasteiger partial charge on any atom is -0.507 e. The number of aromatic hydroxyl groups is 2. The molecule has 0 saturated heterocycles. The molecule has 1 amide bonds. The lowest BCUT2D eigenvalue weighted by atomic mass is 10.1. The zero-order valence-corrected chi connectivity index (χ0v) is 12.3. The van der Waals surface area contributed by atoms with Gasteiger partial charge in [-0.05, 0) is 12.1 Å². The summed E-state index contributed by atoms with van der Waals surface area (Å²) in [5.74, 6) is -1.74. The summed E-state index contributed by atoms with van der Waals surface area (Å²) in [6.07, 6.45) is 0.953. The molecule has 0 aromatic heterocycles. The van der Waals surface area contributed by atoms with Crippen molar-refractivity contribution in [1.82, 2.24) is 5.43 Å². The van der Waals surface area contributed by atoms with E-state index in [1.165, 1.54) is 0 Å². The molecule has 0 saturated carbocycles. The molecule has 2 rings (SSSR count). The predicted molar refractivity (Wildman–Crippen MR) is 84.6 cm³/mol. The number of nitrogens with zero attached hydrogens (tertiary/aromatic N) is 3. The molecule has 0 heterocycles. The molecule has 11 nitrogen and oxygen atoms in total. The molecule has 2 aromatic carbocycles. The van der Waals surface area contributed by atoms with Crippen molar-refractivity contribution in [3.05, 3.63) is 67.8 Å². The highest BCUT2D eigenvalue weighted by molar-refractivity contribution is 5.98. The minimum atomic E-state index is -0.942. The van der Waals surface area contributed by atoms with Gasteiger partial charge < -0.3 is 10.2 Å². The van der Waals surface area contributed by atoms with Gasteiger partial charge >= 0.3 is 0 Å². The molecular formula is C14H10N4O7. The number of carbonyl (C=O) groups is 1. The van der Waals surface area contributed by atoms with Crippen molar-refractivity contribution in [1.29, 1.82) is 0 Å². The van der Waals surface area contributed by atoms with Crippen molar-refractivity contribution in [2.75, 3.05) is 0 Å². The summed E-state index contributed by atoms with van der Waals surface area (Å²) >= 11 is 0. The van der Waals surface area contributed by atoms with Crippen LogP contribution in [-0.2, 0) is 0 Å². The van der Waals surface area contributed by atoms with Crippen LogP contribution in [0.3, 0.4) is 0 Å². The first-order valence-corrected chi connectivity index (χ1v) is 6.58. The van der Waals surface area contributed by atoms with Gasteiger partial charge in [0.25, 0.3) is 17.3 Å². The number of nitro groups is 2. The summed E-state index contributed by atoms with van der Waals surface area (Å²) in [7, 11) is 0. The number of hydrogen-bond donors (Lipinski definition) is 3. The average Bonchev–Trinajstić information content (AvgIpc) is 2.56. The van der Waals surface area contributed by atoms with Crippen LogP contribution >= 0.6 is 0 Å². The molecule has 0 aliphatic carbocycles. The van der Waals surface area contributed by atoms with Gasteiger partial charge in [-0.25, -0.2) is 5.43 Å². The number of phenolic OH excluding ortho intramolecular Hbond substituents is 2. The van der Waals surface area contributed by atoms with E-state index in [2.05, 4.69) is 5.10 Å². The highest BCUT2D eigenvalue weighted by Crippen LogP contribution is 2.23. The third kappa shape index (κ3) is 4.04. The number of non-ortho nitro benzene ring substituents is 2. The second-order valence-electron chi connectivity index (χ2n) is 4.66. The van der Waals surface area contributed by atoms with Gasteiger partial charge in [0.2, 0.25) is 0 Å². The highest BCUT2D eigenvalue weighted by atomic mass is 16.6. The van der Waals surface area contributed by atoms with Crippen LogP contribution in [0.25, 0.3) is 0 Å². The quantitative estimate of drug-likeness (QED) is 0.420. The number of benzene rings is 2. The third-order valence-corrected chi connectivity index (χ3v) is 3.03. The lowest BCUT2D eigenvalue weighted by molar-refractivity contribution is -0.385. The van der Waals surface area contributed by atoms with E-state index < -0.39 is 27.2 Å². The lowest BCUT2D eigenvalue weighted by Gasteiger charge is -2.03. The number of nitro benzene ring substituents is 2. The Morgan fingerprint density at radius 1 is 1.00 bits per heavy atom. The van der Waals surface area contributed by atoms with Crippen molar-refractivity contribution in [2.45, 2.75) is 0 Å². The number of carbonyl (C=O) groups excluding carboxylic acids is 1. The van der Waals surface area contributed by atoms with Crippen LogP contribution in [0.5, 0.6) is 11.5 Å². The average molecular weight is 346 g/mol. The standard InChI is InChI=1S/C14H10N4O7/c19-12-3-1-9(17(22)23)5-8(12)7-15-16-14(21)11-6-10(18(24)25)2-4-13(11)20/h1-7,19-20H,(H,16,21). The second-order valence-corrected chi connectivity index (χ2v) is 4.66. The van der Waals surface area contributed by atoms with Crippen molar-refractivity contribution in [3.63, 3.8) is 0 Å². The molecule has 2 aromatic rings. The fourth-order valence-electron chi connectivity index (χ4n) is 1.80.